The molecule has 9 heteroatoms. The number of ether oxygens (including phenoxy) is 3. The molecule has 3 aromatic rings. The second-order valence-electron chi connectivity index (χ2n) is 9.28. The van der Waals surface area contributed by atoms with Gasteiger partial charge in [0.25, 0.3) is 0 Å². The molecule has 0 radical (unpaired) electrons. The van der Waals surface area contributed by atoms with E-state index in [4.69, 9.17) is 14.2 Å². The van der Waals surface area contributed by atoms with Crippen molar-refractivity contribution in [2.24, 2.45) is 0 Å². The Labute approximate surface area is 245 Å². The summed E-state index contributed by atoms with van der Waals surface area (Å²) in [6.07, 6.45) is 0.0373. The first kappa shape index (κ1) is 29.7. The molecule has 3 aromatic carbocycles. The predicted octanol–water partition coefficient (Wildman–Crippen LogP) is 7.21. The molecule has 3 amide bonds. The lowest BCUT2D eigenvalue weighted by molar-refractivity contribution is -0.121. The number of para-hydroxylation sites is 3. The number of rotatable bonds is 9. The van der Waals surface area contributed by atoms with E-state index in [-0.39, 0.29) is 19.3 Å². The van der Waals surface area contributed by atoms with Crippen molar-refractivity contribution in [2.75, 3.05) is 0 Å². The molecule has 0 atom stereocenters. The summed E-state index contributed by atoms with van der Waals surface area (Å²) in [5.41, 5.74) is 0. The van der Waals surface area contributed by atoms with Crippen molar-refractivity contribution in [3.05, 3.63) is 129 Å². The molecule has 1 fully saturated rings. The van der Waals surface area contributed by atoms with Crippen molar-refractivity contribution in [2.45, 2.75) is 37.8 Å². The third-order valence-electron chi connectivity index (χ3n) is 6.54. The molecule has 216 valence electrons. The Morgan fingerprint density at radius 1 is 0.500 bits per heavy atom. The fourth-order valence-corrected chi connectivity index (χ4v) is 4.78. The summed E-state index contributed by atoms with van der Waals surface area (Å²) in [6.45, 7) is 11.6. The van der Waals surface area contributed by atoms with E-state index in [0.717, 1.165) is 0 Å². The van der Waals surface area contributed by atoms with Gasteiger partial charge in [-0.25, -0.2) is 14.4 Å². The van der Waals surface area contributed by atoms with Crippen molar-refractivity contribution in [1.82, 2.24) is 14.7 Å². The van der Waals surface area contributed by atoms with Crippen LogP contribution in [0.15, 0.2) is 129 Å². The molecule has 1 heterocycles. The van der Waals surface area contributed by atoms with Gasteiger partial charge in [0, 0.05) is 19.3 Å². The minimum absolute atomic E-state index is 0.149. The summed E-state index contributed by atoms with van der Waals surface area (Å²) in [7, 11) is 0. The van der Waals surface area contributed by atoms with Crippen LogP contribution in [-0.4, -0.2) is 51.5 Å². The Bertz CT molecular complexity index is 1200. The summed E-state index contributed by atoms with van der Waals surface area (Å²) >= 11 is 0. The number of nitrogens with zero attached hydrogens (tertiary/aromatic N) is 3. The summed E-state index contributed by atoms with van der Waals surface area (Å²) in [5.74, 6) is 0.881. The highest BCUT2D eigenvalue weighted by atomic mass is 16.6. The van der Waals surface area contributed by atoms with Crippen LogP contribution >= 0.6 is 0 Å². The first-order valence-corrected chi connectivity index (χ1v) is 13.5. The first-order chi connectivity index (χ1) is 20.5. The molecule has 1 saturated heterocycles. The summed E-state index contributed by atoms with van der Waals surface area (Å²) in [4.78, 5) is 45.7. The van der Waals surface area contributed by atoms with Crippen LogP contribution in [-0.2, 0) is 0 Å². The minimum Gasteiger partial charge on any atom is -0.410 e. The maximum atomic E-state index is 13.9. The van der Waals surface area contributed by atoms with Gasteiger partial charge in [-0.15, -0.1) is 19.7 Å². The Balaban J connectivity index is 1.83. The van der Waals surface area contributed by atoms with Crippen molar-refractivity contribution in [1.29, 1.82) is 0 Å². The van der Waals surface area contributed by atoms with Crippen LogP contribution in [0.4, 0.5) is 14.4 Å². The molecule has 42 heavy (non-hydrogen) atoms. The molecule has 9 nitrogen and oxygen atoms in total. The molecule has 0 bridgehead atoms. The Kier molecular flexibility index (Phi) is 10.1. The number of hydrogen-bond donors (Lipinski definition) is 0. The molecule has 0 saturated carbocycles. The number of carbonyl (C=O) groups excluding carboxylic acids is 3. The largest absolute Gasteiger partial charge is 0.418 e. The molecule has 0 N–H and O–H groups in total. The van der Waals surface area contributed by atoms with Crippen molar-refractivity contribution < 1.29 is 28.6 Å². The van der Waals surface area contributed by atoms with Gasteiger partial charge >= 0.3 is 18.3 Å². The van der Waals surface area contributed by atoms with Crippen LogP contribution in [0, 0.1) is 0 Å². The van der Waals surface area contributed by atoms with Crippen LogP contribution in [0.3, 0.4) is 0 Å². The molecule has 1 aliphatic heterocycles. The molecular weight excluding hydrogens is 534 g/mol. The fourth-order valence-electron chi connectivity index (χ4n) is 4.78. The average Bonchev–Trinajstić information content (AvgIpc) is 2.99. The first-order valence-electron chi connectivity index (χ1n) is 13.5. The highest BCUT2D eigenvalue weighted by Crippen LogP contribution is 2.34. The fraction of sp³-hybridized carbons (Fsp3) is 0.182. The zero-order valence-electron chi connectivity index (χ0n) is 23.2. The van der Waals surface area contributed by atoms with Gasteiger partial charge in [-0.05, 0) is 36.4 Å². The van der Waals surface area contributed by atoms with Gasteiger partial charge in [0.2, 0.25) is 0 Å². The molecular formula is C33H33N3O6. The van der Waals surface area contributed by atoms with Crippen LogP contribution in [0.5, 0.6) is 17.2 Å². The van der Waals surface area contributed by atoms with Gasteiger partial charge in [-0.2, -0.15) is 0 Å². The van der Waals surface area contributed by atoms with Gasteiger partial charge in [0.05, 0.1) is 0 Å². The van der Waals surface area contributed by atoms with Crippen LogP contribution in [0.25, 0.3) is 0 Å². The second kappa shape index (κ2) is 14.4. The summed E-state index contributed by atoms with van der Waals surface area (Å²) < 4.78 is 17.2. The normalized spacial score (nSPS) is 18.0. The molecule has 4 rings (SSSR count). The van der Waals surface area contributed by atoms with Gasteiger partial charge in [0.15, 0.2) is 0 Å². The molecule has 0 aliphatic carbocycles. The third kappa shape index (κ3) is 6.87. The highest BCUT2D eigenvalue weighted by Gasteiger charge is 2.52. The van der Waals surface area contributed by atoms with E-state index in [1.54, 1.807) is 109 Å². The lowest BCUT2D eigenvalue weighted by Crippen LogP contribution is -2.74. The zero-order chi connectivity index (χ0) is 29.9. The second-order valence-corrected chi connectivity index (χ2v) is 9.28. The Morgan fingerprint density at radius 3 is 0.952 bits per heavy atom. The lowest BCUT2D eigenvalue weighted by atomic mass is 10.1. The average molecular weight is 568 g/mol. The zero-order valence-corrected chi connectivity index (χ0v) is 23.2. The van der Waals surface area contributed by atoms with Crippen LogP contribution in [0.2, 0.25) is 0 Å². The molecule has 1 aliphatic rings. The van der Waals surface area contributed by atoms with Crippen LogP contribution < -0.4 is 14.2 Å². The van der Waals surface area contributed by atoms with Gasteiger partial charge < -0.3 is 14.2 Å². The maximum Gasteiger partial charge on any atom is 0.418 e. The van der Waals surface area contributed by atoms with Crippen molar-refractivity contribution in [3.8, 4) is 17.2 Å². The number of hydrogen-bond acceptors (Lipinski definition) is 6. The van der Waals surface area contributed by atoms with E-state index in [9.17, 15) is 14.4 Å². The number of benzene rings is 3. The standard InChI is InChI=1S/C33H33N3O6/c1-4-16-28-34(31(37)40-25-19-10-7-11-20-25)29(17-5-2)36(33(39)42-27-23-14-9-15-24-27)30(18-6-3)35(28)32(38)41-26-21-12-8-13-22-26/h4-15,19-24,28-30H,1-3,16-18H2. The van der Waals surface area contributed by atoms with E-state index < -0.39 is 36.8 Å². The molecule has 0 spiro atoms. The van der Waals surface area contributed by atoms with E-state index >= 15 is 0 Å². The van der Waals surface area contributed by atoms with E-state index in [1.807, 2.05) is 0 Å². The smallest absolute Gasteiger partial charge is 0.410 e. The monoisotopic (exact) mass is 567 g/mol. The van der Waals surface area contributed by atoms with Gasteiger partial charge in [-0.1, -0.05) is 72.8 Å². The minimum atomic E-state index is -0.939. The van der Waals surface area contributed by atoms with E-state index in [0.29, 0.717) is 17.2 Å². The Hall–Kier alpha value is -5.31. The van der Waals surface area contributed by atoms with E-state index in [2.05, 4.69) is 19.7 Å². The molecule has 0 aromatic heterocycles. The van der Waals surface area contributed by atoms with Gasteiger partial charge in [0.1, 0.15) is 35.7 Å². The SMILES string of the molecule is C=CCC1N(C(=O)Oc2ccccc2)C(CC=C)N(C(=O)Oc2ccccc2)C(CC=C)N1C(=O)Oc1ccccc1. The lowest BCUT2D eigenvalue weighted by Gasteiger charge is -2.55. The highest BCUT2D eigenvalue weighted by molar-refractivity contribution is 5.79. The number of carbonyl (C=O) groups is 3. The summed E-state index contributed by atoms with van der Waals surface area (Å²) in [5, 5.41) is 0. The predicted molar refractivity (Wildman–Crippen MR) is 159 cm³/mol. The Morgan fingerprint density at radius 2 is 0.738 bits per heavy atom. The molecule has 0 unspecified atom stereocenters. The number of amides is 3. The maximum absolute atomic E-state index is 13.9. The van der Waals surface area contributed by atoms with Gasteiger partial charge in [-0.3, -0.25) is 14.7 Å². The summed E-state index contributed by atoms with van der Waals surface area (Å²) in [6, 6.07) is 25.6. The van der Waals surface area contributed by atoms with Crippen molar-refractivity contribution >= 4 is 18.3 Å². The third-order valence-corrected chi connectivity index (χ3v) is 6.54. The van der Waals surface area contributed by atoms with E-state index in [1.165, 1.54) is 14.7 Å². The quantitative estimate of drug-likeness (QED) is 0.254. The van der Waals surface area contributed by atoms with Crippen LogP contribution in [0.1, 0.15) is 19.3 Å². The topological polar surface area (TPSA) is 88.6 Å². The van der Waals surface area contributed by atoms with Crippen molar-refractivity contribution in [3.63, 3.8) is 0 Å².